The molecule has 1 aliphatic carbocycles. The molecule has 1 aliphatic rings. The molecule has 0 aromatic heterocycles. The van der Waals surface area contributed by atoms with E-state index < -0.39 is 0 Å². The first-order valence-corrected chi connectivity index (χ1v) is 7.92. The molecule has 2 rings (SSSR count). The Balaban J connectivity index is 2.05. The van der Waals surface area contributed by atoms with Gasteiger partial charge in [0.2, 0.25) is 0 Å². The predicted octanol–water partition coefficient (Wildman–Crippen LogP) is 4.67. The Morgan fingerprint density at radius 2 is 2.00 bits per heavy atom. The number of halogens is 2. The van der Waals surface area contributed by atoms with Gasteiger partial charge in [-0.1, -0.05) is 29.8 Å². The minimum Gasteiger partial charge on any atom is -0.325 e. The second-order valence-corrected chi connectivity index (χ2v) is 7.27. The van der Waals surface area contributed by atoms with E-state index >= 15 is 0 Å². The zero-order chi connectivity index (χ0) is 14.0. The average molecular weight is 328 g/mol. The maximum absolute atomic E-state index is 13.8. The third-order valence-electron chi connectivity index (χ3n) is 4.52. The summed E-state index contributed by atoms with van der Waals surface area (Å²) >= 11 is 3.40. The molecule has 1 saturated carbocycles. The third kappa shape index (κ3) is 3.79. The molecular formula is C16H23BrFN. The summed E-state index contributed by atoms with van der Waals surface area (Å²) in [7, 11) is 0. The van der Waals surface area contributed by atoms with Crippen molar-refractivity contribution in [3.05, 3.63) is 34.1 Å². The van der Waals surface area contributed by atoms with Crippen LogP contribution in [-0.4, -0.2) is 5.54 Å². The van der Waals surface area contributed by atoms with Crippen LogP contribution in [0.15, 0.2) is 22.7 Å². The fraction of sp³-hybridized carbons (Fsp3) is 0.625. The molecule has 0 radical (unpaired) electrons. The highest BCUT2D eigenvalue weighted by atomic mass is 79.9. The van der Waals surface area contributed by atoms with E-state index in [4.69, 9.17) is 5.73 Å². The number of rotatable bonds is 3. The molecule has 0 bridgehead atoms. The van der Waals surface area contributed by atoms with Gasteiger partial charge < -0.3 is 5.73 Å². The first-order valence-electron chi connectivity index (χ1n) is 7.12. The van der Waals surface area contributed by atoms with Gasteiger partial charge in [0.15, 0.2) is 0 Å². The lowest BCUT2D eigenvalue weighted by Gasteiger charge is -2.39. The molecular weight excluding hydrogens is 305 g/mol. The van der Waals surface area contributed by atoms with Crippen molar-refractivity contribution in [2.45, 2.75) is 51.5 Å². The van der Waals surface area contributed by atoms with Gasteiger partial charge in [-0.25, -0.2) is 4.39 Å². The molecule has 1 fully saturated rings. The Bertz CT molecular complexity index is 436. The largest absolute Gasteiger partial charge is 0.325 e. The summed E-state index contributed by atoms with van der Waals surface area (Å²) in [6, 6.07) is 5.11. The van der Waals surface area contributed by atoms with Crippen molar-refractivity contribution >= 4 is 15.9 Å². The quantitative estimate of drug-likeness (QED) is 0.857. The van der Waals surface area contributed by atoms with Crippen LogP contribution in [0.3, 0.4) is 0 Å². The van der Waals surface area contributed by atoms with Crippen LogP contribution in [0.4, 0.5) is 4.39 Å². The molecule has 3 heteroatoms. The fourth-order valence-corrected chi connectivity index (χ4v) is 3.53. The van der Waals surface area contributed by atoms with Gasteiger partial charge in [0.05, 0.1) is 0 Å². The van der Waals surface area contributed by atoms with Crippen LogP contribution in [0.5, 0.6) is 0 Å². The molecule has 1 nitrogen and oxygen atoms in total. The van der Waals surface area contributed by atoms with Crippen molar-refractivity contribution in [1.29, 1.82) is 0 Å². The van der Waals surface area contributed by atoms with E-state index in [1.54, 1.807) is 6.07 Å². The summed E-state index contributed by atoms with van der Waals surface area (Å²) in [6.07, 6.45) is 4.99. The highest BCUT2D eigenvalue weighted by molar-refractivity contribution is 9.10. The third-order valence-corrected chi connectivity index (χ3v) is 5.01. The van der Waals surface area contributed by atoms with E-state index in [0.29, 0.717) is 6.42 Å². The first-order chi connectivity index (χ1) is 8.89. The van der Waals surface area contributed by atoms with Crippen molar-refractivity contribution < 1.29 is 4.39 Å². The van der Waals surface area contributed by atoms with Gasteiger partial charge >= 0.3 is 0 Å². The molecule has 19 heavy (non-hydrogen) atoms. The molecule has 0 amide bonds. The molecule has 2 N–H and O–H groups in total. The van der Waals surface area contributed by atoms with Crippen LogP contribution >= 0.6 is 15.9 Å². The van der Waals surface area contributed by atoms with Gasteiger partial charge in [-0.05, 0) is 67.7 Å². The van der Waals surface area contributed by atoms with Gasteiger partial charge in [0.1, 0.15) is 5.82 Å². The van der Waals surface area contributed by atoms with Gasteiger partial charge in [0.25, 0.3) is 0 Å². The van der Waals surface area contributed by atoms with E-state index in [1.807, 2.05) is 6.07 Å². The Morgan fingerprint density at radius 1 is 1.37 bits per heavy atom. The predicted molar refractivity (Wildman–Crippen MR) is 81.5 cm³/mol. The maximum atomic E-state index is 13.8. The van der Waals surface area contributed by atoms with E-state index in [0.717, 1.165) is 34.7 Å². The maximum Gasteiger partial charge on any atom is 0.126 e. The lowest BCUT2D eigenvalue weighted by Crippen LogP contribution is -2.46. The summed E-state index contributed by atoms with van der Waals surface area (Å²) in [5.74, 6) is 1.37. The van der Waals surface area contributed by atoms with Crippen molar-refractivity contribution in [1.82, 2.24) is 0 Å². The molecule has 1 aromatic rings. The van der Waals surface area contributed by atoms with Crippen molar-refractivity contribution in [3.8, 4) is 0 Å². The SMILES string of the molecule is CC(C)C1CCC(N)(Cc2cc(Br)ccc2F)CC1. The van der Waals surface area contributed by atoms with E-state index in [-0.39, 0.29) is 11.4 Å². The summed E-state index contributed by atoms with van der Waals surface area (Å²) in [5.41, 5.74) is 7.00. The smallest absolute Gasteiger partial charge is 0.126 e. The second kappa shape index (κ2) is 5.92. The van der Waals surface area contributed by atoms with E-state index in [2.05, 4.69) is 29.8 Å². The highest BCUT2D eigenvalue weighted by Crippen LogP contribution is 2.36. The molecule has 0 atom stereocenters. The van der Waals surface area contributed by atoms with Gasteiger partial charge in [0, 0.05) is 10.0 Å². The monoisotopic (exact) mass is 327 g/mol. The standard InChI is InChI=1S/C16H23BrFN/c1-11(2)12-5-7-16(19,8-6-12)10-13-9-14(17)3-4-15(13)18/h3-4,9,11-12H,5-8,10,19H2,1-2H3. The summed E-state index contributed by atoms with van der Waals surface area (Å²) < 4.78 is 14.7. The topological polar surface area (TPSA) is 26.0 Å². The van der Waals surface area contributed by atoms with Crippen LogP contribution in [0.25, 0.3) is 0 Å². The summed E-state index contributed by atoms with van der Waals surface area (Å²) in [5, 5.41) is 0. The Hall–Kier alpha value is -0.410. The van der Waals surface area contributed by atoms with Gasteiger partial charge in [-0.15, -0.1) is 0 Å². The lowest BCUT2D eigenvalue weighted by atomic mass is 9.71. The van der Waals surface area contributed by atoms with Gasteiger partial charge in [-0.3, -0.25) is 0 Å². The molecule has 0 saturated heterocycles. The minimum absolute atomic E-state index is 0.140. The van der Waals surface area contributed by atoms with Crippen molar-refractivity contribution in [3.63, 3.8) is 0 Å². The van der Waals surface area contributed by atoms with Gasteiger partial charge in [-0.2, -0.15) is 0 Å². The molecule has 0 unspecified atom stereocenters. The fourth-order valence-electron chi connectivity index (χ4n) is 3.12. The van der Waals surface area contributed by atoms with Crippen molar-refractivity contribution in [2.24, 2.45) is 17.6 Å². The minimum atomic E-state index is -0.229. The Morgan fingerprint density at radius 3 is 2.58 bits per heavy atom. The van der Waals surface area contributed by atoms with Crippen LogP contribution in [0.2, 0.25) is 0 Å². The lowest BCUT2D eigenvalue weighted by molar-refractivity contribution is 0.193. The Labute approximate surface area is 123 Å². The normalized spacial score (nSPS) is 27.8. The van der Waals surface area contributed by atoms with Crippen LogP contribution in [0.1, 0.15) is 45.1 Å². The molecule has 106 valence electrons. The number of nitrogens with two attached hydrogens (primary N) is 1. The number of hydrogen-bond acceptors (Lipinski definition) is 1. The van der Waals surface area contributed by atoms with Crippen LogP contribution in [0, 0.1) is 17.7 Å². The molecule has 0 heterocycles. The van der Waals surface area contributed by atoms with Crippen LogP contribution < -0.4 is 5.73 Å². The zero-order valence-electron chi connectivity index (χ0n) is 11.8. The number of benzene rings is 1. The van der Waals surface area contributed by atoms with E-state index in [9.17, 15) is 4.39 Å². The molecule has 0 spiro atoms. The summed E-state index contributed by atoms with van der Waals surface area (Å²) in [4.78, 5) is 0. The number of hydrogen-bond donors (Lipinski definition) is 1. The molecule has 0 aliphatic heterocycles. The zero-order valence-corrected chi connectivity index (χ0v) is 13.3. The summed E-state index contributed by atoms with van der Waals surface area (Å²) in [6.45, 7) is 4.56. The van der Waals surface area contributed by atoms with Crippen LogP contribution in [-0.2, 0) is 6.42 Å². The average Bonchev–Trinajstić information content (AvgIpc) is 2.34. The highest BCUT2D eigenvalue weighted by Gasteiger charge is 2.33. The molecule has 1 aromatic carbocycles. The Kier molecular flexibility index (Phi) is 4.67. The van der Waals surface area contributed by atoms with Crippen molar-refractivity contribution in [2.75, 3.05) is 0 Å². The first kappa shape index (κ1) is 15.0. The van der Waals surface area contributed by atoms with E-state index in [1.165, 1.54) is 18.9 Å². The second-order valence-electron chi connectivity index (χ2n) is 6.36.